The van der Waals surface area contributed by atoms with Crippen LogP contribution in [0.3, 0.4) is 0 Å². The average Bonchev–Trinajstić information content (AvgIpc) is 2.92. The van der Waals surface area contributed by atoms with E-state index in [-0.39, 0.29) is 10.8 Å². The number of anilines is 1. The van der Waals surface area contributed by atoms with E-state index >= 15 is 0 Å². The maximum Gasteiger partial charge on any atom is 0.256 e. The Bertz CT molecular complexity index is 535. The largest absolute Gasteiger partial charge is 0.349 e. The van der Waals surface area contributed by atoms with Crippen LogP contribution in [-0.4, -0.2) is 30.3 Å². The third-order valence-corrected chi connectivity index (χ3v) is 3.45. The average molecular weight is 281 g/mol. The van der Waals surface area contributed by atoms with Crippen molar-refractivity contribution in [3.8, 4) is 5.95 Å². The van der Waals surface area contributed by atoms with Crippen LogP contribution in [0.15, 0.2) is 18.5 Å². The molecule has 0 aliphatic carbocycles. The van der Waals surface area contributed by atoms with Crippen LogP contribution in [0.2, 0.25) is 5.28 Å². The van der Waals surface area contributed by atoms with Crippen molar-refractivity contribution >= 4 is 17.5 Å². The van der Waals surface area contributed by atoms with Crippen LogP contribution in [0.25, 0.3) is 5.95 Å². The number of aromatic nitrogens is 5. The van der Waals surface area contributed by atoms with Crippen molar-refractivity contribution in [2.24, 2.45) is 0 Å². The Kier molecular flexibility index (Phi) is 3.99. The summed E-state index contributed by atoms with van der Waals surface area (Å²) in [6.45, 7) is 6.36. The summed E-state index contributed by atoms with van der Waals surface area (Å²) in [5, 5.41) is 7.54. The van der Waals surface area contributed by atoms with E-state index in [9.17, 15) is 0 Å². The molecule has 0 aromatic carbocycles. The first kappa shape index (κ1) is 13.7. The van der Waals surface area contributed by atoms with E-state index in [1.807, 2.05) is 0 Å². The Balaban J connectivity index is 2.32. The van der Waals surface area contributed by atoms with E-state index in [0.29, 0.717) is 11.9 Å². The van der Waals surface area contributed by atoms with Crippen LogP contribution in [0.5, 0.6) is 0 Å². The lowest BCUT2D eigenvalue weighted by molar-refractivity contribution is 0.474. The van der Waals surface area contributed by atoms with Crippen LogP contribution in [-0.2, 0) is 0 Å². The van der Waals surface area contributed by atoms with Crippen LogP contribution >= 0.6 is 11.6 Å². The van der Waals surface area contributed by atoms with Gasteiger partial charge in [0.25, 0.3) is 5.95 Å². The molecule has 1 N–H and O–H groups in total. The maximum absolute atomic E-state index is 5.94. The van der Waals surface area contributed by atoms with Gasteiger partial charge in [-0.25, -0.2) is 4.68 Å². The molecule has 0 bridgehead atoms. The lowest BCUT2D eigenvalue weighted by Crippen LogP contribution is -2.34. The van der Waals surface area contributed by atoms with Gasteiger partial charge < -0.3 is 5.32 Å². The van der Waals surface area contributed by atoms with Gasteiger partial charge >= 0.3 is 0 Å². The molecule has 0 saturated carbocycles. The summed E-state index contributed by atoms with van der Waals surface area (Å²) in [7, 11) is 0. The van der Waals surface area contributed by atoms with Crippen LogP contribution in [0.4, 0.5) is 5.95 Å². The predicted molar refractivity (Wildman–Crippen MR) is 74.6 cm³/mol. The molecular formula is C12H17ClN6. The molecule has 0 aliphatic rings. The van der Waals surface area contributed by atoms with E-state index in [2.05, 4.69) is 46.1 Å². The van der Waals surface area contributed by atoms with E-state index in [0.717, 1.165) is 12.8 Å². The first-order valence-electron chi connectivity index (χ1n) is 6.26. The lowest BCUT2D eigenvalue weighted by Gasteiger charge is -2.28. The number of rotatable bonds is 5. The number of hydrogen-bond acceptors (Lipinski definition) is 5. The minimum absolute atomic E-state index is 0.0634. The zero-order valence-electron chi connectivity index (χ0n) is 11.3. The molecule has 0 saturated heterocycles. The Morgan fingerprint density at radius 3 is 2.58 bits per heavy atom. The summed E-state index contributed by atoms with van der Waals surface area (Å²) in [6, 6.07) is 1.80. The number of hydrogen-bond donors (Lipinski definition) is 1. The first-order chi connectivity index (χ1) is 9.06. The summed E-state index contributed by atoms with van der Waals surface area (Å²) < 4.78 is 1.55. The highest BCUT2D eigenvalue weighted by Crippen LogP contribution is 2.20. The minimum atomic E-state index is -0.0634. The molecule has 0 amide bonds. The molecule has 0 aliphatic heterocycles. The molecule has 2 rings (SSSR count). The molecule has 19 heavy (non-hydrogen) atoms. The van der Waals surface area contributed by atoms with Gasteiger partial charge in [-0.15, -0.1) is 0 Å². The molecule has 2 aromatic heterocycles. The quantitative estimate of drug-likeness (QED) is 0.912. The summed E-state index contributed by atoms with van der Waals surface area (Å²) in [5.74, 6) is 0.874. The fourth-order valence-electron chi connectivity index (χ4n) is 1.58. The van der Waals surface area contributed by atoms with Gasteiger partial charge in [-0.2, -0.15) is 20.1 Å². The lowest BCUT2D eigenvalue weighted by atomic mass is 9.96. The van der Waals surface area contributed by atoms with Crippen molar-refractivity contribution in [3.63, 3.8) is 0 Å². The number of nitrogens with one attached hydrogen (secondary N) is 1. The van der Waals surface area contributed by atoms with Crippen molar-refractivity contribution in [3.05, 3.63) is 23.7 Å². The van der Waals surface area contributed by atoms with Crippen LogP contribution in [0.1, 0.15) is 33.6 Å². The van der Waals surface area contributed by atoms with Crippen molar-refractivity contribution in [1.82, 2.24) is 24.7 Å². The zero-order chi connectivity index (χ0) is 13.9. The molecule has 2 heterocycles. The first-order valence-corrected chi connectivity index (χ1v) is 6.64. The SMILES string of the molecule is CCC(C)(CC)Nc1nc(Cl)nc(-n2cccn2)n1. The van der Waals surface area contributed by atoms with Crippen molar-refractivity contribution < 1.29 is 0 Å². The van der Waals surface area contributed by atoms with Gasteiger partial charge in [0, 0.05) is 17.9 Å². The Morgan fingerprint density at radius 1 is 1.26 bits per heavy atom. The molecule has 102 valence electrons. The summed E-state index contributed by atoms with van der Waals surface area (Å²) >= 11 is 5.94. The van der Waals surface area contributed by atoms with Gasteiger partial charge in [0.1, 0.15) is 0 Å². The molecule has 0 atom stereocenters. The Morgan fingerprint density at radius 2 is 2.00 bits per heavy atom. The second kappa shape index (κ2) is 5.52. The van der Waals surface area contributed by atoms with Gasteiger partial charge in [-0.05, 0) is 37.4 Å². The van der Waals surface area contributed by atoms with Gasteiger partial charge in [0.05, 0.1) is 0 Å². The van der Waals surface area contributed by atoms with Crippen LogP contribution in [0, 0.1) is 0 Å². The summed E-state index contributed by atoms with van der Waals surface area (Å²) in [5.41, 5.74) is -0.0634. The third-order valence-electron chi connectivity index (χ3n) is 3.28. The fraction of sp³-hybridized carbons (Fsp3) is 0.500. The van der Waals surface area contributed by atoms with Crippen LogP contribution < -0.4 is 5.32 Å². The van der Waals surface area contributed by atoms with E-state index in [1.54, 1.807) is 23.1 Å². The summed E-state index contributed by atoms with van der Waals surface area (Å²) in [4.78, 5) is 12.5. The topological polar surface area (TPSA) is 68.5 Å². The van der Waals surface area contributed by atoms with E-state index in [4.69, 9.17) is 11.6 Å². The zero-order valence-corrected chi connectivity index (χ0v) is 12.0. The van der Waals surface area contributed by atoms with Gasteiger partial charge in [0.2, 0.25) is 11.2 Å². The van der Waals surface area contributed by atoms with Crippen molar-refractivity contribution in [2.45, 2.75) is 39.2 Å². The fourth-order valence-corrected chi connectivity index (χ4v) is 1.74. The molecule has 0 fully saturated rings. The molecular weight excluding hydrogens is 264 g/mol. The monoisotopic (exact) mass is 280 g/mol. The highest BCUT2D eigenvalue weighted by molar-refractivity contribution is 6.28. The molecule has 2 aromatic rings. The molecule has 0 unspecified atom stereocenters. The van der Waals surface area contributed by atoms with Gasteiger partial charge in [-0.3, -0.25) is 0 Å². The highest BCUT2D eigenvalue weighted by atomic mass is 35.5. The van der Waals surface area contributed by atoms with Crippen molar-refractivity contribution in [2.75, 3.05) is 5.32 Å². The highest BCUT2D eigenvalue weighted by Gasteiger charge is 2.21. The van der Waals surface area contributed by atoms with E-state index < -0.39 is 0 Å². The molecule has 7 heteroatoms. The third kappa shape index (κ3) is 3.20. The molecule has 0 radical (unpaired) electrons. The Hall–Kier alpha value is -1.69. The minimum Gasteiger partial charge on any atom is -0.349 e. The number of nitrogens with zero attached hydrogens (tertiary/aromatic N) is 5. The number of halogens is 1. The van der Waals surface area contributed by atoms with Gasteiger partial charge in [0.15, 0.2) is 0 Å². The second-order valence-electron chi connectivity index (χ2n) is 4.57. The smallest absolute Gasteiger partial charge is 0.256 e. The maximum atomic E-state index is 5.94. The Labute approximate surface area is 117 Å². The summed E-state index contributed by atoms with van der Waals surface area (Å²) in [6.07, 6.45) is 5.34. The second-order valence-corrected chi connectivity index (χ2v) is 4.91. The predicted octanol–water partition coefficient (Wildman–Crippen LogP) is 2.70. The molecule has 0 spiro atoms. The normalized spacial score (nSPS) is 11.6. The standard InChI is InChI=1S/C12H17ClN6/c1-4-12(3,5-2)18-10-15-9(13)16-11(17-10)19-8-6-7-14-19/h6-8H,4-5H2,1-3H3,(H,15,16,17,18). The van der Waals surface area contributed by atoms with Gasteiger partial charge in [-0.1, -0.05) is 13.8 Å². The van der Waals surface area contributed by atoms with E-state index in [1.165, 1.54) is 0 Å². The molecule has 6 nitrogen and oxygen atoms in total. The van der Waals surface area contributed by atoms with Crippen molar-refractivity contribution in [1.29, 1.82) is 0 Å².